The Bertz CT molecular complexity index is 849. The Morgan fingerprint density at radius 2 is 1.95 bits per heavy atom. The van der Waals surface area contributed by atoms with E-state index in [-0.39, 0.29) is 11.5 Å². The lowest BCUT2D eigenvalue weighted by Gasteiger charge is -2.07. The number of halogens is 2. The highest BCUT2D eigenvalue weighted by molar-refractivity contribution is 6.30. The third kappa shape index (κ3) is 2.83. The summed E-state index contributed by atoms with van der Waals surface area (Å²) in [6.07, 6.45) is 0. The first kappa shape index (κ1) is 14.2. The van der Waals surface area contributed by atoms with Gasteiger partial charge in [0.2, 0.25) is 0 Å². The van der Waals surface area contributed by atoms with Gasteiger partial charge in [-0.3, -0.25) is 0 Å². The highest BCUT2D eigenvalue weighted by atomic mass is 35.5. The first-order valence-corrected chi connectivity index (χ1v) is 6.89. The maximum Gasteiger partial charge on any atom is 0.190 e. The second-order valence-corrected chi connectivity index (χ2v) is 5.13. The second kappa shape index (κ2) is 5.96. The average molecular weight is 313 g/mol. The Morgan fingerprint density at radius 3 is 2.64 bits per heavy atom. The number of aromatic nitrogens is 3. The molecular formula is C16H10ClFN4. The molecule has 0 spiro atoms. The summed E-state index contributed by atoms with van der Waals surface area (Å²) < 4.78 is 15.0. The van der Waals surface area contributed by atoms with Crippen LogP contribution in [0.5, 0.6) is 0 Å². The van der Waals surface area contributed by atoms with Gasteiger partial charge in [0, 0.05) is 10.6 Å². The van der Waals surface area contributed by atoms with Crippen molar-refractivity contribution < 1.29 is 4.39 Å². The molecule has 6 heteroatoms. The molecule has 0 bridgehead atoms. The predicted octanol–water partition coefficient (Wildman–Crippen LogP) is 3.66. The second-order valence-electron chi connectivity index (χ2n) is 4.69. The van der Waals surface area contributed by atoms with E-state index in [1.54, 1.807) is 28.9 Å². The van der Waals surface area contributed by atoms with Crippen LogP contribution in [0.1, 0.15) is 11.3 Å². The van der Waals surface area contributed by atoms with Gasteiger partial charge < -0.3 is 0 Å². The molecule has 0 amide bonds. The van der Waals surface area contributed by atoms with E-state index in [9.17, 15) is 9.65 Å². The topological polar surface area (TPSA) is 54.5 Å². The summed E-state index contributed by atoms with van der Waals surface area (Å²) in [5.41, 5.74) is 2.18. The summed E-state index contributed by atoms with van der Waals surface area (Å²) in [7, 11) is 0. The van der Waals surface area contributed by atoms with E-state index in [0.29, 0.717) is 22.8 Å². The van der Waals surface area contributed by atoms with Crippen LogP contribution in [0.25, 0.3) is 11.3 Å². The third-order valence-electron chi connectivity index (χ3n) is 3.18. The number of rotatable bonds is 3. The molecule has 0 saturated carbocycles. The van der Waals surface area contributed by atoms with Crippen molar-refractivity contribution in [3.63, 3.8) is 0 Å². The van der Waals surface area contributed by atoms with Gasteiger partial charge in [0.15, 0.2) is 5.69 Å². The van der Waals surface area contributed by atoms with Gasteiger partial charge in [-0.05, 0) is 29.8 Å². The third-order valence-corrected chi connectivity index (χ3v) is 3.44. The van der Waals surface area contributed by atoms with E-state index in [2.05, 4.69) is 10.3 Å². The van der Waals surface area contributed by atoms with Crippen LogP contribution in [0, 0.1) is 17.1 Å². The molecular weight excluding hydrogens is 303 g/mol. The maximum atomic E-state index is 13.5. The van der Waals surface area contributed by atoms with Crippen molar-refractivity contribution in [2.75, 3.05) is 0 Å². The van der Waals surface area contributed by atoms with Crippen LogP contribution >= 0.6 is 11.6 Å². The van der Waals surface area contributed by atoms with Crippen molar-refractivity contribution in [2.24, 2.45) is 0 Å². The lowest BCUT2D eigenvalue weighted by atomic mass is 10.1. The minimum atomic E-state index is -0.374. The van der Waals surface area contributed by atoms with Crippen molar-refractivity contribution in [3.05, 3.63) is 70.6 Å². The Kier molecular flexibility index (Phi) is 3.86. The van der Waals surface area contributed by atoms with E-state index in [1.807, 2.05) is 18.2 Å². The molecule has 0 fully saturated rings. The van der Waals surface area contributed by atoms with Gasteiger partial charge in [-0.2, -0.15) is 5.26 Å². The molecule has 22 heavy (non-hydrogen) atoms. The quantitative estimate of drug-likeness (QED) is 0.741. The van der Waals surface area contributed by atoms with Crippen LogP contribution in [0.4, 0.5) is 4.39 Å². The van der Waals surface area contributed by atoms with E-state index < -0.39 is 0 Å². The van der Waals surface area contributed by atoms with Gasteiger partial charge in [0.05, 0.1) is 6.54 Å². The maximum absolute atomic E-state index is 13.5. The largest absolute Gasteiger partial charge is 0.239 e. The molecule has 108 valence electrons. The summed E-state index contributed by atoms with van der Waals surface area (Å²) in [5.74, 6) is -0.374. The number of nitrogens with zero attached hydrogens (tertiary/aromatic N) is 4. The normalized spacial score (nSPS) is 10.4. The highest BCUT2D eigenvalue weighted by Crippen LogP contribution is 2.23. The Hall–Kier alpha value is -2.71. The fraction of sp³-hybridized carbons (Fsp3) is 0.0625. The summed E-state index contributed by atoms with van der Waals surface area (Å²) in [6.45, 7) is 0.414. The summed E-state index contributed by atoms with van der Waals surface area (Å²) >= 11 is 5.87. The smallest absolute Gasteiger partial charge is 0.190 e. The first-order chi connectivity index (χ1) is 10.7. The van der Waals surface area contributed by atoms with Crippen molar-refractivity contribution in [1.82, 2.24) is 15.0 Å². The van der Waals surface area contributed by atoms with Gasteiger partial charge in [0.1, 0.15) is 17.6 Å². The number of hydrogen-bond acceptors (Lipinski definition) is 3. The summed E-state index contributed by atoms with van der Waals surface area (Å²) in [6, 6.07) is 15.3. The van der Waals surface area contributed by atoms with E-state index in [0.717, 1.165) is 5.56 Å². The number of hydrogen-bond donors (Lipinski definition) is 0. The van der Waals surface area contributed by atoms with Crippen LogP contribution < -0.4 is 0 Å². The fourth-order valence-electron chi connectivity index (χ4n) is 2.18. The lowest BCUT2D eigenvalue weighted by Crippen LogP contribution is -2.04. The monoisotopic (exact) mass is 312 g/mol. The summed E-state index contributed by atoms with van der Waals surface area (Å²) in [4.78, 5) is 0. The van der Waals surface area contributed by atoms with Gasteiger partial charge >= 0.3 is 0 Å². The fourth-order valence-corrected chi connectivity index (χ4v) is 2.31. The van der Waals surface area contributed by atoms with Crippen LogP contribution in [-0.2, 0) is 6.54 Å². The molecule has 1 aromatic heterocycles. The standard InChI is InChI=1S/C16H10ClFN4/c17-13-6-4-11(5-7-13)10-22-16(15(9-19)20-21-22)12-2-1-3-14(18)8-12/h1-8H,10H2. The molecule has 3 aromatic rings. The zero-order valence-electron chi connectivity index (χ0n) is 11.4. The SMILES string of the molecule is N#Cc1nnn(Cc2ccc(Cl)cc2)c1-c1cccc(F)c1. The number of benzene rings is 2. The average Bonchev–Trinajstić information content (AvgIpc) is 2.92. The highest BCUT2D eigenvalue weighted by Gasteiger charge is 2.15. The molecule has 1 heterocycles. The molecule has 0 radical (unpaired) electrons. The van der Waals surface area contributed by atoms with E-state index >= 15 is 0 Å². The first-order valence-electron chi connectivity index (χ1n) is 6.51. The molecule has 0 aliphatic carbocycles. The van der Waals surface area contributed by atoms with Crippen LogP contribution in [0.3, 0.4) is 0 Å². The Morgan fingerprint density at radius 1 is 1.18 bits per heavy atom. The van der Waals surface area contributed by atoms with E-state index in [4.69, 9.17) is 11.6 Å². The molecule has 0 atom stereocenters. The zero-order chi connectivity index (χ0) is 15.5. The minimum absolute atomic E-state index is 0.166. The molecule has 0 saturated heterocycles. The molecule has 0 N–H and O–H groups in total. The van der Waals surface area contributed by atoms with Crippen LogP contribution in [0.15, 0.2) is 48.5 Å². The van der Waals surface area contributed by atoms with Crippen LogP contribution in [-0.4, -0.2) is 15.0 Å². The molecule has 0 aliphatic rings. The van der Waals surface area contributed by atoms with Gasteiger partial charge in [-0.1, -0.05) is 41.1 Å². The zero-order valence-corrected chi connectivity index (χ0v) is 12.1. The Labute approximate surface area is 131 Å². The number of nitriles is 1. The molecule has 0 aliphatic heterocycles. The van der Waals surface area contributed by atoms with Gasteiger partial charge in [-0.25, -0.2) is 9.07 Å². The van der Waals surface area contributed by atoms with Crippen LogP contribution in [0.2, 0.25) is 5.02 Å². The minimum Gasteiger partial charge on any atom is -0.239 e. The molecule has 2 aromatic carbocycles. The van der Waals surface area contributed by atoms with Crippen molar-refractivity contribution in [1.29, 1.82) is 5.26 Å². The molecule has 0 unspecified atom stereocenters. The van der Waals surface area contributed by atoms with Gasteiger partial charge in [0.25, 0.3) is 0 Å². The van der Waals surface area contributed by atoms with Crippen molar-refractivity contribution >= 4 is 11.6 Å². The lowest BCUT2D eigenvalue weighted by molar-refractivity contribution is 0.626. The van der Waals surface area contributed by atoms with E-state index in [1.165, 1.54) is 12.1 Å². The van der Waals surface area contributed by atoms with Gasteiger partial charge in [-0.15, -0.1) is 5.10 Å². The van der Waals surface area contributed by atoms with Crippen molar-refractivity contribution in [3.8, 4) is 17.3 Å². The molecule has 4 nitrogen and oxygen atoms in total. The predicted molar refractivity (Wildman–Crippen MR) is 80.7 cm³/mol. The van der Waals surface area contributed by atoms with Crippen molar-refractivity contribution in [2.45, 2.75) is 6.54 Å². The Balaban J connectivity index is 2.04. The summed E-state index contributed by atoms with van der Waals surface area (Å²) in [5, 5.41) is 17.7. The molecule has 3 rings (SSSR count).